The molecular formula is C18H27NO5. The Bertz CT molecular complexity index is 501. The van der Waals surface area contributed by atoms with Crippen LogP contribution in [-0.2, 0) is 25.6 Å². The van der Waals surface area contributed by atoms with Gasteiger partial charge in [0.05, 0.1) is 13.2 Å². The summed E-state index contributed by atoms with van der Waals surface area (Å²) in [5.74, 6) is -0.210. The van der Waals surface area contributed by atoms with Crippen LogP contribution >= 0.6 is 0 Å². The minimum atomic E-state index is -1.17. The molecule has 0 saturated carbocycles. The first-order valence-corrected chi connectivity index (χ1v) is 8.14. The lowest BCUT2D eigenvalue weighted by atomic mass is 10.2. The smallest absolute Gasteiger partial charge is 0.409 e. The molecule has 1 aromatic carbocycles. The highest BCUT2D eigenvalue weighted by molar-refractivity contribution is 5.80. The van der Waals surface area contributed by atoms with Crippen molar-refractivity contribution >= 4 is 12.1 Å². The van der Waals surface area contributed by atoms with Crippen LogP contribution in [0.25, 0.3) is 0 Å². The average Bonchev–Trinajstić information content (AvgIpc) is 2.55. The number of ether oxygens (including phenoxy) is 3. The molecule has 1 N–H and O–H groups in total. The molecule has 0 aliphatic carbocycles. The lowest BCUT2D eigenvalue weighted by molar-refractivity contribution is -0.161. The summed E-state index contributed by atoms with van der Waals surface area (Å²) in [6, 6.07) is 9.28. The summed E-state index contributed by atoms with van der Waals surface area (Å²) in [7, 11) is 0. The van der Waals surface area contributed by atoms with Crippen LogP contribution in [0.2, 0.25) is 0 Å². The van der Waals surface area contributed by atoms with Gasteiger partial charge in [-0.25, -0.2) is 9.59 Å². The Morgan fingerprint density at radius 1 is 0.958 bits per heavy atom. The van der Waals surface area contributed by atoms with E-state index >= 15 is 0 Å². The molecule has 0 aliphatic rings. The van der Waals surface area contributed by atoms with Crippen LogP contribution in [0.4, 0.5) is 4.79 Å². The van der Waals surface area contributed by atoms with Gasteiger partial charge in [0.15, 0.2) is 0 Å². The first-order chi connectivity index (χ1) is 11.4. The van der Waals surface area contributed by atoms with Crippen molar-refractivity contribution in [3.05, 3.63) is 35.9 Å². The van der Waals surface area contributed by atoms with E-state index in [1.165, 1.54) is 0 Å². The van der Waals surface area contributed by atoms with Crippen molar-refractivity contribution in [1.82, 2.24) is 5.32 Å². The number of nitrogens with one attached hydrogen (secondary N) is 1. The third kappa shape index (κ3) is 8.53. The molecule has 0 fully saturated rings. The van der Waals surface area contributed by atoms with Crippen LogP contribution in [-0.4, -0.2) is 31.5 Å². The zero-order valence-electron chi connectivity index (χ0n) is 14.8. The Hall–Kier alpha value is -2.08. The Morgan fingerprint density at radius 2 is 1.58 bits per heavy atom. The van der Waals surface area contributed by atoms with Crippen LogP contribution in [0.5, 0.6) is 0 Å². The van der Waals surface area contributed by atoms with Crippen LogP contribution in [0.15, 0.2) is 30.3 Å². The topological polar surface area (TPSA) is 73.9 Å². The fraction of sp³-hybridized carbons (Fsp3) is 0.556. The molecule has 0 spiro atoms. The first-order valence-electron chi connectivity index (χ1n) is 8.14. The van der Waals surface area contributed by atoms with Gasteiger partial charge in [0, 0.05) is 0 Å². The van der Waals surface area contributed by atoms with Crippen LogP contribution in [0, 0.1) is 11.8 Å². The van der Waals surface area contributed by atoms with E-state index in [1.54, 1.807) is 0 Å². The molecule has 0 aromatic heterocycles. The maximum absolute atomic E-state index is 12.1. The highest BCUT2D eigenvalue weighted by atomic mass is 16.6. The number of hydrogen-bond donors (Lipinski definition) is 1. The summed E-state index contributed by atoms with van der Waals surface area (Å²) in [6.45, 7) is 8.46. The molecule has 1 amide bonds. The van der Waals surface area contributed by atoms with Crippen molar-refractivity contribution in [2.24, 2.45) is 11.8 Å². The number of alkyl carbamates (subject to hydrolysis) is 1. The van der Waals surface area contributed by atoms with E-state index in [4.69, 9.17) is 14.2 Å². The van der Waals surface area contributed by atoms with Gasteiger partial charge in [0.25, 0.3) is 0 Å². The number of rotatable bonds is 9. The Kier molecular flexibility index (Phi) is 8.86. The molecule has 0 bridgehead atoms. The van der Waals surface area contributed by atoms with E-state index < -0.39 is 18.3 Å². The molecule has 0 aliphatic heterocycles. The monoisotopic (exact) mass is 337 g/mol. The summed E-state index contributed by atoms with van der Waals surface area (Å²) >= 11 is 0. The number of hydrogen-bond acceptors (Lipinski definition) is 5. The van der Waals surface area contributed by atoms with Gasteiger partial charge in [-0.05, 0) is 17.4 Å². The van der Waals surface area contributed by atoms with Gasteiger partial charge >= 0.3 is 12.1 Å². The third-order valence-corrected chi connectivity index (χ3v) is 2.83. The molecular weight excluding hydrogens is 310 g/mol. The second-order valence-electron chi connectivity index (χ2n) is 6.34. The number of amides is 1. The lowest BCUT2D eigenvalue weighted by Gasteiger charge is -2.19. The summed E-state index contributed by atoms with van der Waals surface area (Å²) in [5, 5.41) is 2.41. The fourth-order valence-corrected chi connectivity index (χ4v) is 1.65. The molecule has 0 radical (unpaired) electrons. The summed E-state index contributed by atoms with van der Waals surface area (Å²) in [6.07, 6.45) is -1.90. The maximum atomic E-state index is 12.1. The van der Waals surface area contributed by atoms with Gasteiger partial charge in [0.1, 0.15) is 6.61 Å². The predicted molar refractivity (Wildman–Crippen MR) is 90.1 cm³/mol. The first kappa shape index (κ1) is 20.0. The molecule has 1 aromatic rings. The van der Waals surface area contributed by atoms with E-state index in [0.29, 0.717) is 6.61 Å². The van der Waals surface area contributed by atoms with Gasteiger partial charge in [-0.2, -0.15) is 0 Å². The van der Waals surface area contributed by atoms with Gasteiger partial charge in [-0.1, -0.05) is 58.0 Å². The quantitative estimate of drug-likeness (QED) is 0.553. The Morgan fingerprint density at radius 3 is 2.17 bits per heavy atom. The predicted octanol–water partition coefficient (Wildman–Crippen LogP) is 3.11. The van der Waals surface area contributed by atoms with E-state index in [9.17, 15) is 9.59 Å². The summed E-state index contributed by atoms with van der Waals surface area (Å²) < 4.78 is 15.7. The van der Waals surface area contributed by atoms with Crippen molar-refractivity contribution in [2.75, 3.05) is 13.2 Å². The fourth-order valence-electron chi connectivity index (χ4n) is 1.65. The maximum Gasteiger partial charge on any atom is 0.409 e. The van der Waals surface area contributed by atoms with Gasteiger partial charge in [0.2, 0.25) is 6.23 Å². The number of carbonyl (C=O) groups excluding carboxylic acids is 2. The zero-order valence-corrected chi connectivity index (χ0v) is 14.8. The second kappa shape index (κ2) is 10.6. The molecule has 24 heavy (non-hydrogen) atoms. The van der Waals surface area contributed by atoms with Crippen LogP contribution in [0.3, 0.4) is 0 Å². The normalized spacial score (nSPS) is 12.1. The molecule has 134 valence electrons. The Balaban J connectivity index is 2.52. The summed E-state index contributed by atoms with van der Waals surface area (Å²) in [5.41, 5.74) is 0.856. The number of carbonyl (C=O) groups is 2. The van der Waals surface area contributed by atoms with E-state index in [1.807, 2.05) is 58.0 Å². The summed E-state index contributed by atoms with van der Waals surface area (Å²) in [4.78, 5) is 23.9. The van der Waals surface area contributed by atoms with Crippen molar-refractivity contribution in [2.45, 2.75) is 40.5 Å². The Labute approximate surface area is 143 Å². The largest absolute Gasteiger partial charge is 0.462 e. The highest BCUT2D eigenvalue weighted by Crippen LogP contribution is 2.04. The van der Waals surface area contributed by atoms with E-state index in [2.05, 4.69) is 5.32 Å². The average molecular weight is 337 g/mol. The number of benzene rings is 1. The molecule has 0 saturated heterocycles. The van der Waals surface area contributed by atoms with Crippen molar-refractivity contribution in [3.63, 3.8) is 0 Å². The van der Waals surface area contributed by atoms with Crippen molar-refractivity contribution in [1.29, 1.82) is 0 Å². The molecule has 0 heterocycles. The second-order valence-corrected chi connectivity index (χ2v) is 6.34. The van der Waals surface area contributed by atoms with Gasteiger partial charge in [-0.15, -0.1) is 0 Å². The SMILES string of the molecule is CC(C)COC(=O)C(NC(=O)OCc1ccccc1)OCC(C)C. The highest BCUT2D eigenvalue weighted by Gasteiger charge is 2.24. The van der Waals surface area contributed by atoms with Crippen LogP contribution in [0.1, 0.15) is 33.3 Å². The zero-order chi connectivity index (χ0) is 17.9. The van der Waals surface area contributed by atoms with Gasteiger partial charge < -0.3 is 14.2 Å². The minimum Gasteiger partial charge on any atom is -0.462 e. The molecule has 6 nitrogen and oxygen atoms in total. The molecule has 1 atom stereocenters. The lowest BCUT2D eigenvalue weighted by Crippen LogP contribution is -2.44. The minimum absolute atomic E-state index is 0.116. The van der Waals surface area contributed by atoms with Crippen molar-refractivity contribution < 1.29 is 23.8 Å². The molecule has 1 unspecified atom stereocenters. The standard InChI is InChI=1S/C18H27NO5/c1-13(2)10-22-16(17(20)23-11-14(3)4)19-18(21)24-12-15-8-6-5-7-9-15/h5-9,13-14,16H,10-12H2,1-4H3,(H,19,21). The van der Waals surface area contributed by atoms with E-state index in [0.717, 1.165) is 5.56 Å². The van der Waals surface area contributed by atoms with Crippen LogP contribution < -0.4 is 5.32 Å². The molecule has 6 heteroatoms. The molecule has 1 rings (SSSR count). The van der Waals surface area contributed by atoms with Gasteiger partial charge in [-0.3, -0.25) is 5.32 Å². The number of esters is 1. The van der Waals surface area contributed by atoms with Crippen molar-refractivity contribution in [3.8, 4) is 0 Å². The third-order valence-electron chi connectivity index (χ3n) is 2.83. The van der Waals surface area contributed by atoms with E-state index in [-0.39, 0.29) is 25.0 Å².